The first-order chi connectivity index (χ1) is 4.34. The summed E-state index contributed by atoms with van der Waals surface area (Å²) in [7, 11) is 2.68. The molecule has 0 aromatic heterocycles. The zero-order valence-corrected chi connectivity index (χ0v) is 7.09. The van der Waals surface area contributed by atoms with E-state index in [1.165, 1.54) is 5.56 Å². The highest BCUT2D eigenvalue weighted by Gasteiger charge is 1.90. The molecule has 0 nitrogen and oxygen atoms in total. The van der Waals surface area contributed by atoms with Gasteiger partial charge in [0.2, 0.25) is 0 Å². The maximum atomic E-state index is 4.26. The average molecular weight is 156 g/mol. The lowest BCUT2D eigenvalue weighted by Gasteiger charge is -1.97. The van der Waals surface area contributed by atoms with Gasteiger partial charge in [-0.05, 0) is 17.8 Å². The molecule has 1 rings (SSSR count). The fraction of sp³-hybridized carbons (Fsp3) is 0.143. The molecule has 0 fully saturated rings. The lowest BCUT2D eigenvalue weighted by atomic mass is 10.2. The molecule has 0 N–H and O–H groups in total. The molecule has 0 aliphatic heterocycles. The monoisotopic (exact) mass is 156 g/mol. The molecule has 0 aliphatic rings. The minimum atomic E-state index is 0.986. The van der Waals surface area contributed by atoms with Crippen molar-refractivity contribution in [2.45, 2.75) is 11.1 Å². The normalized spacial score (nSPS) is 9.56. The topological polar surface area (TPSA) is 0 Å². The largest absolute Gasteiger partial charge is 0.143 e. The summed E-state index contributed by atoms with van der Waals surface area (Å²) in [5, 5.41) is 0. The van der Waals surface area contributed by atoms with Crippen LogP contribution >= 0.6 is 21.9 Å². The molecule has 0 spiro atoms. The second-order valence-electron chi connectivity index (χ2n) is 1.83. The summed E-state index contributed by atoms with van der Waals surface area (Å²) in [4.78, 5) is 1.08. The van der Waals surface area contributed by atoms with E-state index < -0.39 is 0 Å². The Bertz CT molecular complexity index is 198. The number of thiol groups is 1. The van der Waals surface area contributed by atoms with E-state index in [4.69, 9.17) is 0 Å². The van der Waals surface area contributed by atoms with E-state index in [0.717, 1.165) is 11.1 Å². The predicted octanol–water partition coefficient (Wildman–Crippen LogP) is 2.35. The van der Waals surface area contributed by atoms with Gasteiger partial charge < -0.3 is 0 Å². The lowest BCUT2D eigenvalue weighted by Crippen LogP contribution is -1.76. The number of rotatable bonds is 1. The summed E-state index contributed by atoms with van der Waals surface area (Å²) in [6.07, 6.45) is 0.986. The van der Waals surface area contributed by atoms with E-state index in [0.29, 0.717) is 0 Å². The van der Waals surface area contributed by atoms with Crippen molar-refractivity contribution in [1.29, 1.82) is 0 Å². The maximum Gasteiger partial charge on any atom is 0.00754 e. The lowest BCUT2D eigenvalue weighted by molar-refractivity contribution is 1.28. The molecule has 2 heteroatoms. The molecule has 1 aromatic rings. The van der Waals surface area contributed by atoms with Gasteiger partial charge in [-0.25, -0.2) is 0 Å². The highest BCUT2D eigenvalue weighted by atomic mass is 32.1. The maximum absolute atomic E-state index is 4.26. The Labute approximate surface area is 63.3 Å². The van der Waals surface area contributed by atoms with Gasteiger partial charge in [0.05, 0.1) is 0 Å². The van der Waals surface area contributed by atoms with Crippen molar-refractivity contribution in [3.05, 3.63) is 29.8 Å². The van der Waals surface area contributed by atoms with Crippen molar-refractivity contribution in [3.8, 4) is 0 Å². The van der Waals surface area contributed by atoms with Gasteiger partial charge in [0, 0.05) is 4.90 Å². The molecule has 9 heavy (non-hydrogen) atoms. The molecule has 1 atom stereocenters. The molecule has 48 valence electrons. The van der Waals surface area contributed by atoms with Gasteiger partial charge in [-0.1, -0.05) is 18.2 Å². The van der Waals surface area contributed by atoms with Crippen LogP contribution in [-0.2, 0) is 6.16 Å². The molecule has 0 saturated carbocycles. The van der Waals surface area contributed by atoms with Crippen LogP contribution in [0.3, 0.4) is 0 Å². The van der Waals surface area contributed by atoms with Crippen molar-refractivity contribution in [2.75, 3.05) is 0 Å². The third-order valence-corrected chi connectivity index (χ3v) is 2.09. The van der Waals surface area contributed by atoms with Crippen molar-refractivity contribution < 1.29 is 0 Å². The van der Waals surface area contributed by atoms with E-state index in [1.807, 2.05) is 18.2 Å². The Morgan fingerprint density at radius 3 is 2.44 bits per heavy atom. The van der Waals surface area contributed by atoms with Crippen molar-refractivity contribution in [2.24, 2.45) is 0 Å². The van der Waals surface area contributed by atoms with Crippen LogP contribution in [0.4, 0.5) is 0 Å². The summed E-state index contributed by atoms with van der Waals surface area (Å²) in [5.41, 5.74) is 1.28. The molecule has 1 aromatic carbocycles. The van der Waals surface area contributed by atoms with Gasteiger partial charge in [0.1, 0.15) is 0 Å². The standard InChI is InChI=1S/C7H9PS/c8-5-6-3-1-2-4-7(6)9/h1-4,9H,5,8H2. The van der Waals surface area contributed by atoms with Crippen LogP contribution in [0.2, 0.25) is 0 Å². The van der Waals surface area contributed by atoms with Gasteiger partial charge in [-0.2, -0.15) is 0 Å². The highest BCUT2D eigenvalue weighted by molar-refractivity contribution is 7.80. The number of hydrogen-bond donors (Lipinski definition) is 1. The fourth-order valence-electron chi connectivity index (χ4n) is 0.683. The Morgan fingerprint density at radius 2 is 2.00 bits per heavy atom. The van der Waals surface area contributed by atoms with Gasteiger partial charge >= 0.3 is 0 Å². The predicted molar refractivity (Wildman–Crippen MR) is 47.1 cm³/mol. The molecule has 0 saturated heterocycles. The molecule has 0 radical (unpaired) electrons. The van der Waals surface area contributed by atoms with Gasteiger partial charge in [0.25, 0.3) is 0 Å². The van der Waals surface area contributed by atoms with Crippen molar-refractivity contribution in [3.63, 3.8) is 0 Å². The molecule has 0 heterocycles. The highest BCUT2D eigenvalue weighted by Crippen LogP contribution is 2.15. The molecule has 0 bridgehead atoms. The van der Waals surface area contributed by atoms with Crippen LogP contribution in [0.5, 0.6) is 0 Å². The van der Waals surface area contributed by atoms with Crippen LogP contribution in [0.25, 0.3) is 0 Å². The van der Waals surface area contributed by atoms with E-state index >= 15 is 0 Å². The quantitative estimate of drug-likeness (QED) is 0.468. The fourth-order valence-corrected chi connectivity index (χ4v) is 1.46. The van der Waals surface area contributed by atoms with Crippen LogP contribution in [-0.4, -0.2) is 0 Å². The van der Waals surface area contributed by atoms with E-state index in [-0.39, 0.29) is 0 Å². The molecular weight excluding hydrogens is 147 g/mol. The van der Waals surface area contributed by atoms with Crippen LogP contribution in [0.15, 0.2) is 29.2 Å². The number of hydrogen-bond acceptors (Lipinski definition) is 1. The Balaban J connectivity index is 3.01. The van der Waals surface area contributed by atoms with Gasteiger partial charge in [0.15, 0.2) is 0 Å². The average Bonchev–Trinajstić information content (AvgIpc) is 1.89. The van der Waals surface area contributed by atoms with E-state index in [9.17, 15) is 0 Å². The molecular formula is C7H9PS. The Hall–Kier alpha value is -0.0000000000000000555. The van der Waals surface area contributed by atoms with Gasteiger partial charge in [-0.3, -0.25) is 0 Å². The first kappa shape index (κ1) is 7.11. The Morgan fingerprint density at radius 1 is 1.33 bits per heavy atom. The minimum absolute atomic E-state index is 0.986. The zero-order chi connectivity index (χ0) is 6.69. The SMILES string of the molecule is PCc1ccccc1S. The molecule has 0 aliphatic carbocycles. The first-order valence-corrected chi connectivity index (χ1v) is 4.08. The van der Waals surface area contributed by atoms with Crippen LogP contribution in [0, 0.1) is 0 Å². The van der Waals surface area contributed by atoms with Crippen molar-refractivity contribution >= 4 is 21.9 Å². The van der Waals surface area contributed by atoms with Crippen molar-refractivity contribution in [1.82, 2.24) is 0 Å². The third kappa shape index (κ3) is 1.70. The summed E-state index contributed by atoms with van der Waals surface area (Å²) in [5.74, 6) is 0. The van der Waals surface area contributed by atoms with Crippen LogP contribution < -0.4 is 0 Å². The third-order valence-electron chi connectivity index (χ3n) is 1.21. The smallest absolute Gasteiger partial charge is 0.00754 e. The minimum Gasteiger partial charge on any atom is -0.143 e. The first-order valence-electron chi connectivity index (χ1n) is 2.81. The second kappa shape index (κ2) is 3.24. The van der Waals surface area contributed by atoms with Gasteiger partial charge in [-0.15, -0.1) is 21.9 Å². The van der Waals surface area contributed by atoms with E-state index in [1.54, 1.807) is 0 Å². The molecule has 1 unspecified atom stereocenters. The second-order valence-corrected chi connectivity index (χ2v) is 2.72. The van der Waals surface area contributed by atoms with E-state index in [2.05, 4.69) is 27.9 Å². The number of benzene rings is 1. The van der Waals surface area contributed by atoms with Crippen LogP contribution in [0.1, 0.15) is 5.56 Å². The zero-order valence-electron chi connectivity index (χ0n) is 5.04. The summed E-state index contributed by atoms with van der Waals surface area (Å²) < 4.78 is 0. The Kier molecular flexibility index (Phi) is 2.56. The summed E-state index contributed by atoms with van der Waals surface area (Å²) >= 11 is 4.26. The molecule has 0 amide bonds. The summed E-state index contributed by atoms with van der Waals surface area (Å²) in [6, 6.07) is 8.10. The summed E-state index contributed by atoms with van der Waals surface area (Å²) in [6.45, 7) is 0.